The molecule has 0 radical (unpaired) electrons. The van der Waals surface area contributed by atoms with Gasteiger partial charge in [-0.1, -0.05) is 31.0 Å². The number of hydrogen-bond donors (Lipinski definition) is 1. The van der Waals surface area contributed by atoms with Crippen LogP contribution >= 0.6 is 0 Å². The fourth-order valence-electron chi connectivity index (χ4n) is 7.09. The summed E-state index contributed by atoms with van der Waals surface area (Å²) in [6.45, 7) is 2.13. The van der Waals surface area contributed by atoms with Crippen molar-refractivity contribution in [2.45, 2.75) is 56.4 Å². The predicted octanol–water partition coefficient (Wildman–Crippen LogP) is 4.12. The van der Waals surface area contributed by atoms with Crippen molar-refractivity contribution < 1.29 is 14.7 Å². The van der Waals surface area contributed by atoms with Crippen molar-refractivity contribution in [3.05, 3.63) is 71.3 Å². The standard InChI is InChI=1S/C28H30N2O3/c31-22-9-6-20-17-25-23-3-1-2-13-28(23,24(20)18-22)14-16-29(25)15-12-19-4-7-21(8-5-19)30-26(32)10-11-27(30)33/h4-11,18,23,25,31H,1-3,12-17H2/t23-,25+,28+/m0/s1. The zero-order chi connectivity index (χ0) is 22.6. The summed E-state index contributed by atoms with van der Waals surface area (Å²) in [6.07, 6.45) is 11.0. The number of anilines is 1. The number of phenols is 1. The summed E-state index contributed by atoms with van der Waals surface area (Å²) in [5.74, 6) is 0.534. The van der Waals surface area contributed by atoms with Crippen LogP contribution in [0.25, 0.3) is 0 Å². The maximum Gasteiger partial charge on any atom is 0.258 e. The van der Waals surface area contributed by atoms with E-state index in [4.69, 9.17) is 0 Å². The predicted molar refractivity (Wildman–Crippen MR) is 127 cm³/mol. The largest absolute Gasteiger partial charge is 0.508 e. The van der Waals surface area contributed by atoms with Crippen molar-refractivity contribution in [1.29, 1.82) is 0 Å². The summed E-state index contributed by atoms with van der Waals surface area (Å²) >= 11 is 0. The van der Waals surface area contributed by atoms with E-state index in [1.807, 2.05) is 30.3 Å². The second-order valence-electron chi connectivity index (χ2n) is 10.2. The van der Waals surface area contributed by atoms with Crippen molar-refractivity contribution in [3.63, 3.8) is 0 Å². The molecule has 0 aromatic heterocycles. The molecule has 4 aliphatic rings. The Balaban J connectivity index is 1.19. The monoisotopic (exact) mass is 442 g/mol. The van der Waals surface area contributed by atoms with Gasteiger partial charge in [0, 0.05) is 30.2 Å². The number of rotatable bonds is 4. The van der Waals surface area contributed by atoms with Crippen molar-refractivity contribution >= 4 is 17.5 Å². The van der Waals surface area contributed by atoms with Crippen LogP contribution in [0.3, 0.4) is 0 Å². The molecule has 3 atom stereocenters. The third-order valence-corrected chi connectivity index (χ3v) is 8.63. The summed E-state index contributed by atoms with van der Waals surface area (Å²) < 4.78 is 0. The summed E-state index contributed by atoms with van der Waals surface area (Å²) in [4.78, 5) is 27.8. The minimum atomic E-state index is -0.275. The van der Waals surface area contributed by atoms with Crippen LogP contribution in [0.4, 0.5) is 5.69 Å². The average molecular weight is 443 g/mol. The number of carbonyl (C=O) groups is 2. The number of carbonyl (C=O) groups excluding carboxylic acids is 2. The lowest BCUT2D eigenvalue weighted by Gasteiger charge is -2.59. The molecule has 0 unspecified atom stereocenters. The van der Waals surface area contributed by atoms with Crippen molar-refractivity contribution in [1.82, 2.24) is 4.90 Å². The third kappa shape index (κ3) is 3.33. The van der Waals surface area contributed by atoms with Crippen LogP contribution in [0.1, 0.15) is 48.8 Å². The molecule has 5 heteroatoms. The molecule has 2 aromatic rings. The quantitative estimate of drug-likeness (QED) is 0.724. The molecule has 5 nitrogen and oxygen atoms in total. The van der Waals surface area contributed by atoms with Gasteiger partial charge in [-0.05, 0) is 85.5 Å². The van der Waals surface area contributed by atoms with E-state index >= 15 is 0 Å². The molecule has 1 saturated carbocycles. The normalized spacial score (nSPS) is 28.7. The van der Waals surface area contributed by atoms with Gasteiger partial charge < -0.3 is 5.11 Å². The average Bonchev–Trinajstić information content (AvgIpc) is 3.17. The number of likely N-dealkylation sites (tertiary alicyclic amines) is 1. The highest BCUT2D eigenvalue weighted by Crippen LogP contribution is 2.56. The number of piperidine rings is 1. The van der Waals surface area contributed by atoms with Gasteiger partial charge in [-0.25, -0.2) is 4.90 Å². The van der Waals surface area contributed by atoms with Gasteiger partial charge in [0.05, 0.1) is 5.69 Å². The van der Waals surface area contributed by atoms with Crippen LogP contribution in [0.15, 0.2) is 54.6 Å². The molecule has 2 amide bonds. The molecule has 2 aliphatic carbocycles. The molecular weight excluding hydrogens is 412 g/mol. The molecule has 33 heavy (non-hydrogen) atoms. The zero-order valence-corrected chi connectivity index (χ0v) is 18.9. The van der Waals surface area contributed by atoms with Crippen molar-refractivity contribution in [3.8, 4) is 5.75 Å². The first-order chi connectivity index (χ1) is 16.0. The SMILES string of the molecule is O=C1C=CC(=O)N1c1ccc(CCN2CC[C@]34CCCC[C@H]3[C@H]2Cc2ccc(O)cc24)cc1. The van der Waals surface area contributed by atoms with Gasteiger partial charge in [0.2, 0.25) is 0 Å². The Morgan fingerprint density at radius 3 is 2.55 bits per heavy atom. The molecular formula is C28H30N2O3. The Kier molecular flexibility index (Phi) is 4.91. The van der Waals surface area contributed by atoms with Crippen LogP contribution < -0.4 is 4.90 Å². The number of aromatic hydroxyl groups is 1. The van der Waals surface area contributed by atoms with Crippen LogP contribution in [-0.2, 0) is 27.8 Å². The summed E-state index contributed by atoms with van der Waals surface area (Å²) in [6, 6.07) is 14.5. The number of benzene rings is 2. The molecule has 1 saturated heterocycles. The lowest BCUT2D eigenvalue weighted by atomic mass is 9.52. The summed E-state index contributed by atoms with van der Waals surface area (Å²) in [7, 11) is 0. The van der Waals surface area contributed by atoms with Gasteiger partial charge in [0.1, 0.15) is 5.75 Å². The maximum absolute atomic E-state index is 11.9. The van der Waals surface area contributed by atoms with E-state index in [1.165, 1.54) is 65.8 Å². The van der Waals surface area contributed by atoms with Crippen LogP contribution in [0.2, 0.25) is 0 Å². The van der Waals surface area contributed by atoms with Crippen LogP contribution in [0.5, 0.6) is 5.75 Å². The number of fused-ring (bicyclic) bond motifs is 1. The summed E-state index contributed by atoms with van der Waals surface area (Å²) in [5.41, 5.74) is 4.97. The Bertz CT molecular complexity index is 1120. The minimum Gasteiger partial charge on any atom is -0.508 e. The first-order valence-corrected chi connectivity index (χ1v) is 12.3. The Morgan fingerprint density at radius 2 is 1.76 bits per heavy atom. The molecule has 170 valence electrons. The molecule has 2 aromatic carbocycles. The first kappa shape index (κ1) is 20.7. The van der Waals surface area contributed by atoms with Gasteiger partial charge in [-0.3, -0.25) is 14.5 Å². The van der Waals surface area contributed by atoms with Crippen LogP contribution in [0, 0.1) is 5.92 Å². The number of amides is 2. The van der Waals surface area contributed by atoms with Gasteiger partial charge in [-0.2, -0.15) is 0 Å². The van der Waals surface area contributed by atoms with Gasteiger partial charge in [0.15, 0.2) is 0 Å². The van der Waals surface area contributed by atoms with E-state index in [0.29, 0.717) is 23.4 Å². The first-order valence-electron chi connectivity index (χ1n) is 12.3. The Morgan fingerprint density at radius 1 is 0.970 bits per heavy atom. The van der Waals surface area contributed by atoms with Gasteiger partial charge in [-0.15, -0.1) is 0 Å². The van der Waals surface area contributed by atoms with Gasteiger partial charge >= 0.3 is 0 Å². The number of phenolic OH excluding ortho intramolecular Hbond substituents is 1. The minimum absolute atomic E-state index is 0.246. The van der Waals surface area contributed by atoms with E-state index in [-0.39, 0.29) is 17.2 Å². The van der Waals surface area contributed by atoms with Crippen molar-refractivity contribution in [2.24, 2.45) is 5.92 Å². The topological polar surface area (TPSA) is 60.9 Å². The number of imide groups is 1. The molecule has 0 spiro atoms. The third-order valence-electron chi connectivity index (χ3n) is 8.63. The molecule has 2 fully saturated rings. The van der Waals surface area contributed by atoms with Crippen molar-refractivity contribution in [2.75, 3.05) is 18.0 Å². The smallest absolute Gasteiger partial charge is 0.258 e. The Labute approximate surface area is 194 Å². The molecule has 1 N–H and O–H groups in total. The molecule has 6 rings (SSSR count). The lowest BCUT2D eigenvalue weighted by Crippen LogP contribution is -2.61. The molecule has 2 heterocycles. The molecule has 2 bridgehead atoms. The second kappa shape index (κ2) is 7.84. The van der Waals surface area contributed by atoms with E-state index in [9.17, 15) is 14.7 Å². The highest BCUT2D eigenvalue weighted by molar-refractivity contribution is 6.28. The van der Waals surface area contributed by atoms with E-state index < -0.39 is 0 Å². The van der Waals surface area contributed by atoms with E-state index in [1.54, 1.807) is 0 Å². The lowest BCUT2D eigenvalue weighted by molar-refractivity contribution is -0.119. The highest BCUT2D eigenvalue weighted by Gasteiger charge is 2.53. The van der Waals surface area contributed by atoms with E-state index in [0.717, 1.165) is 25.9 Å². The fourth-order valence-corrected chi connectivity index (χ4v) is 7.09. The Hall–Kier alpha value is -2.92. The zero-order valence-electron chi connectivity index (χ0n) is 18.9. The number of nitrogens with zero attached hydrogens (tertiary/aromatic N) is 2. The second-order valence-corrected chi connectivity index (χ2v) is 10.2. The maximum atomic E-state index is 11.9. The van der Waals surface area contributed by atoms with Crippen LogP contribution in [-0.4, -0.2) is 41.0 Å². The van der Waals surface area contributed by atoms with E-state index in [2.05, 4.69) is 17.0 Å². The number of hydrogen-bond acceptors (Lipinski definition) is 4. The molecule has 2 aliphatic heterocycles. The van der Waals surface area contributed by atoms with Gasteiger partial charge in [0.25, 0.3) is 11.8 Å². The highest BCUT2D eigenvalue weighted by atomic mass is 16.3. The fraction of sp³-hybridized carbons (Fsp3) is 0.429. The summed E-state index contributed by atoms with van der Waals surface area (Å²) in [5, 5.41) is 10.2.